The van der Waals surface area contributed by atoms with E-state index in [1.807, 2.05) is 4.57 Å². The molecule has 0 aliphatic heterocycles. The number of benzene rings is 2. The van der Waals surface area contributed by atoms with Crippen LogP contribution in [-0.4, -0.2) is 52.9 Å². The van der Waals surface area contributed by atoms with Crippen molar-refractivity contribution < 1.29 is 26.4 Å². The van der Waals surface area contributed by atoms with Crippen LogP contribution in [0.4, 0.5) is 24.7 Å². The van der Waals surface area contributed by atoms with Crippen molar-refractivity contribution in [1.29, 1.82) is 0 Å². The number of anilines is 2. The Morgan fingerprint density at radius 3 is 2.23 bits per heavy atom. The van der Waals surface area contributed by atoms with Crippen molar-refractivity contribution in [1.82, 2.24) is 18.8 Å². The van der Waals surface area contributed by atoms with Gasteiger partial charge in [0.2, 0.25) is 10.0 Å². The second-order valence-electron chi connectivity index (χ2n) is 8.95. The predicted octanol–water partition coefficient (Wildman–Crippen LogP) is 4.58. The number of rotatable bonds is 7. The number of aryl methyl sites for hydroxylation is 1. The van der Waals surface area contributed by atoms with Crippen LogP contribution in [0.2, 0.25) is 0 Å². The van der Waals surface area contributed by atoms with Gasteiger partial charge in [-0.05, 0) is 42.3 Å². The predicted molar refractivity (Wildman–Crippen MR) is 143 cm³/mol. The van der Waals surface area contributed by atoms with Gasteiger partial charge in [0.25, 0.3) is 5.91 Å². The van der Waals surface area contributed by atoms with E-state index in [-0.39, 0.29) is 20.9 Å². The molecule has 2 aromatic carbocycles. The molecular formula is C26H25F3N6O3S. The van der Waals surface area contributed by atoms with Gasteiger partial charge in [-0.2, -0.15) is 17.5 Å². The van der Waals surface area contributed by atoms with Crippen molar-refractivity contribution in [3.05, 3.63) is 67.0 Å². The van der Waals surface area contributed by atoms with Crippen molar-refractivity contribution in [2.45, 2.75) is 18.0 Å². The van der Waals surface area contributed by atoms with Gasteiger partial charge in [0, 0.05) is 30.9 Å². The molecule has 0 saturated heterocycles. The minimum Gasteiger partial charge on any atom is -0.383 e. The summed E-state index contributed by atoms with van der Waals surface area (Å²) in [7, 11) is -1.72. The summed E-state index contributed by atoms with van der Waals surface area (Å²) in [6.07, 6.45) is -3.35. The third-order valence-corrected chi connectivity index (χ3v) is 7.87. The number of carbonyl (C=O) groups excluding carboxylic acids is 1. The van der Waals surface area contributed by atoms with E-state index in [9.17, 15) is 26.4 Å². The Kier molecular flexibility index (Phi) is 7.23. The molecule has 1 amide bonds. The second kappa shape index (κ2) is 10.2. The van der Waals surface area contributed by atoms with Crippen molar-refractivity contribution in [2.75, 3.05) is 24.6 Å². The van der Waals surface area contributed by atoms with E-state index in [1.165, 1.54) is 30.6 Å². The number of nitrogens with one attached hydrogen (secondary N) is 1. The number of sulfonamides is 1. The van der Waals surface area contributed by atoms with E-state index >= 15 is 0 Å². The van der Waals surface area contributed by atoms with Crippen LogP contribution in [-0.2, 0) is 21.9 Å². The summed E-state index contributed by atoms with van der Waals surface area (Å²) in [5.41, 5.74) is 10.2. The zero-order chi connectivity index (χ0) is 28.7. The molecule has 2 aromatic heterocycles. The van der Waals surface area contributed by atoms with Gasteiger partial charge in [0.1, 0.15) is 24.3 Å². The summed E-state index contributed by atoms with van der Waals surface area (Å²) in [5, 5.41) is 3.27. The Hall–Kier alpha value is -4.23. The summed E-state index contributed by atoms with van der Waals surface area (Å²) < 4.78 is 65.9. The number of fused-ring (bicyclic) bond motifs is 1. The fourth-order valence-corrected chi connectivity index (χ4v) is 5.31. The van der Waals surface area contributed by atoms with Crippen LogP contribution in [0.5, 0.6) is 0 Å². The molecule has 2 heterocycles. The van der Waals surface area contributed by atoms with Crippen LogP contribution in [0, 0.1) is 0 Å². The number of aromatic nitrogens is 3. The highest BCUT2D eigenvalue weighted by molar-refractivity contribution is 7.89. The Balaban J connectivity index is 1.82. The molecule has 0 aliphatic rings. The van der Waals surface area contributed by atoms with Gasteiger partial charge in [-0.15, -0.1) is 0 Å². The highest BCUT2D eigenvalue weighted by Gasteiger charge is 2.35. The van der Waals surface area contributed by atoms with Crippen LogP contribution in [0.1, 0.15) is 6.92 Å². The van der Waals surface area contributed by atoms with Crippen LogP contribution < -0.4 is 11.1 Å². The fraction of sp³-hybridized carbons (Fsp3) is 0.192. The summed E-state index contributed by atoms with van der Waals surface area (Å²) in [5.74, 6) is -0.115. The van der Waals surface area contributed by atoms with E-state index in [0.29, 0.717) is 39.1 Å². The summed E-state index contributed by atoms with van der Waals surface area (Å²) in [4.78, 5) is 20.2. The summed E-state index contributed by atoms with van der Waals surface area (Å²) >= 11 is 0. The average molecular weight is 559 g/mol. The molecule has 39 heavy (non-hydrogen) atoms. The van der Waals surface area contributed by atoms with Crippen molar-refractivity contribution in [2.24, 2.45) is 7.05 Å². The van der Waals surface area contributed by atoms with Gasteiger partial charge in [-0.25, -0.2) is 18.4 Å². The number of alkyl halides is 3. The van der Waals surface area contributed by atoms with Gasteiger partial charge in [0.05, 0.1) is 16.0 Å². The number of nitrogen functional groups attached to an aromatic ring is 1. The van der Waals surface area contributed by atoms with E-state index in [0.717, 1.165) is 12.6 Å². The van der Waals surface area contributed by atoms with Gasteiger partial charge in [0.15, 0.2) is 0 Å². The first-order chi connectivity index (χ1) is 18.2. The molecule has 4 aromatic rings. The van der Waals surface area contributed by atoms with Gasteiger partial charge >= 0.3 is 6.18 Å². The second-order valence-corrected chi connectivity index (χ2v) is 11.0. The van der Waals surface area contributed by atoms with Gasteiger partial charge in [-0.1, -0.05) is 30.8 Å². The zero-order valence-corrected chi connectivity index (χ0v) is 22.1. The first-order valence-electron chi connectivity index (χ1n) is 11.5. The number of halogens is 3. The molecule has 4 rings (SSSR count). The lowest BCUT2D eigenvalue weighted by Gasteiger charge is -2.19. The SMILES string of the molecule is C=C(C)C(=O)Nc1ccc(-c2c(-c3ccc(S(=O)(=O)N(C)CC(F)(F)F)cc3)c3c(N)ncnc3n2C)cc1. The summed E-state index contributed by atoms with van der Waals surface area (Å²) in [6, 6.07) is 12.5. The zero-order valence-electron chi connectivity index (χ0n) is 21.2. The molecule has 0 spiro atoms. The Bertz CT molecular complexity index is 1680. The molecule has 9 nitrogen and oxygen atoms in total. The van der Waals surface area contributed by atoms with Gasteiger partial charge in [-0.3, -0.25) is 4.79 Å². The molecule has 0 bridgehead atoms. The number of hydrogen-bond donors (Lipinski definition) is 2. The Morgan fingerprint density at radius 1 is 1.08 bits per heavy atom. The van der Waals surface area contributed by atoms with Crippen molar-refractivity contribution in [3.63, 3.8) is 0 Å². The molecule has 0 radical (unpaired) electrons. The number of nitrogens with two attached hydrogens (primary N) is 1. The van der Waals surface area contributed by atoms with E-state index in [2.05, 4.69) is 21.9 Å². The summed E-state index contributed by atoms with van der Waals surface area (Å²) in [6.45, 7) is 3.61. The third kappa shape index (κ3) is 5.49. The molecule has 0 fully saturated rings. The number of hydrogen-bond acceptors (Lipinski definition) is 6. The molecular weight excluding hydrogens is 533 g/mol. The first-order valence-corrected chi connectivity index (χ1v) is 12.9. The minimum atomic E-state index is -4.68. The van der Waals surface area contributed by atoms with E-state index in [4.69, 9.17) is 5.73 Å². The molecule has 13 heteroatoms. The first kappa shape index (κ1) is 27.8. The smallest absolute Gasteiger partial charge is 0.383 e. The van der Waals surface area contributed by atoms with Crippen molar-refractivity contribution in [3.8, 4) is 22.4 Å². The molecule has 0 aliphatic carbocycles. The molecule has 0 atom stereocenters. The monoisotopic (exact) mass is 558 g/mol. The number of nitrogens with zero attached hydrogens (tertiary/aromatic N) is 4. The molecule has 3 N–H and O–H groups in total. The Morgan fingerprint density at radius 2 is 1.67 bits per heavy atom. The third-order valence-electron chi connectivity index (χ3n) is 6.05. The minimum absolute atomic E-state index is 0.198. The van der Waals surface area contributed by atoms with E-state index in [1.54, 1.807) is 38.2 Å². The maximum Gasteiger partial charge on any atom is 0.402 e. The van der Waals surface area contributed by atoms with Crippen LogP contribution in [0.25, 0.3) is 33.4 Å². The average Bonchev–Trinajstić information content (AvgIpc) is 3.17. The number of amides is 1. The molecule has 0 unspecified atom stereocenters. The van der Waals surface area contributed by atoms with Crippen LogP contribution in [0.15, 0.2) is 71.9 Å². The quantitative estimate of drug-likeness (QED) is 0.320. The standard InChI is InChI=1S/C26H25F3N6O3S/c1-15(2)25(36)33-18-9-5-17(6-10-18)22-20(21-23(30)31-14-32-24(21)35(22)4)16-7-11-19(12-8-16)39(37,38)34(3)13-26(27,28)29/h5-12,14H,1,13H2,2-4H3,(H,33,36)(H2,30,31,32). The van der Waals surface area contributed by atoms with Gasteiger partial charge < -0.3 is 15.6 Å². The topological polar surface area (TPSA) is 123 Å². The number of carbonyl (C=O) groups is 1. The maximum absolute atomic E-state index is 12.8. The normalized spacial score (nSPS) is 12.2. The van der Waals surface area contributed by atoms with Crippen LogP contribution in [0.3, 0.4) is 0 Å². The lowest BCUT2D eigenvalue weighted by molar-refractivity contribution is -0.134. The molecule has 0 saturated carbocycles. The maximum atomic E-state index is 12.8. The van der Waals surface area contributed by atoms with Crippen molar-refractivity contribution >= 4 is 38.5 Å². The largest absolute Gasteiger partial charge is 0.402 e. The lowest BCUT2D eigenvalue weighted by Crippen LogP contribution is -2.35. The van der Waals surface area contributed by atoms with Crippen LogP contribution >= 0.6 is 0 Å². The molecule has 204 valence electrons. The Labute approximate surface area is 222 Å². The fourth-order valence-electron chi connectivity index (χ4n) is 4.15. The highest BCUT2D eigenvalue weighted by atomic mass is 32.2. The van der Waals surface area contributed by atoms with E-state index < -0.39 is 22.7 Å². The highest BCUT2D eigenvalue weighted by Crippen LogP contribution is 2.42. The lowest BCUT2D eigenvalue weighted by atomic mass is 9.98.